The number of aryl methyl sites for hydroxylation is 2. The fraction of sp³-hybridized carbons (Fsp3) is 0.107. The Morgan fingerprint density at radius 2 is 1.70 bits per heavy atom. The minimum atomic E-state index is -0.786. The minimum absolute atomic E-state index is 0.0586. The quantitative estimate of drug-likeness (QED) is 0.263. The second-order valence-corrected chi connectivity index (χ2v) is 8.31. The highest BCUT2D eigenvalue weighted by Gasteiger charge is 2.47. The van der Waals surface area contributed by atoms with E-state index in [9.17, 15) is 14.7 Å². The molecule has 1 unspecified atom stereocenters. The summed E-state index contributed by atoms with van der Waals surface area (Å²) in [6.07, 6.45) is 3.26. The lowest BCUT2D eigenvalue weighted by Crippen LogP contribution is -2.30. The summed E-state index contributed by atoms with van der Waals surface area (Å²) in [5.41, 5.74) is 3.76. The van der Waals surface area contributed by atoms with Gasteiger partial charge in [-0.15, -0.1) is 0 Å². The molecule has 0 saturated carbocycles. The molecule has 1 N–H and O–H groups in total. The van der Waals surface area contributed by atoms with E-state index in [2.05, 4.69) is 4.98 Å². The molecule has 0 bridgehead atoms. The molecule has 1 aliphatic heterocycles. The molecule has 5 heteroatoms. The molecule has 4 aromatic rings. The monoisotopic (exact) mass is 434 g/mol. The molecule has 5 nitrogen and oxygen atoms in total. The predicted octanol–water partition coefficient (Wildman–Crippen LogP) is 5.48. The van der Waals surface area contributed by atoms with Gasteiger partial charge < -0.3 is 5.11 Å². The lowest BCUT2D eigenvalue weighted by molar-refractivity contribution is -0.132. The number of fused-ring (bicyclic) bond motifs is 1. The van der Waals surface area contributed by atoms with E-state index in [1.807, 2.05) is 74.5 Å². The Balaban J connectivity index is 1.74. The third kappa shape index (κ3) is 3.48. The van der Waals surface area contributed by atoms with Gasteiger partial charge in [-0.1, -0.05) is 60.2 Å². The number of rotatable bonds is 3. The topological polar surface area (TPSA) is 70.5 Å². The number of carbonyl (C=O) groups excluding carboxylic acids is 2. The zero-order valence-electron chi connectivity index (χ0n) is 18.3. The molecule has 1 atom stereocenters. The normalized spacial score (nSPS) is 17.6. The summed E-state index contributed by atoms with van der Waals surface area (Å²) in [4.78, 5) is 32.3. The number of hydrogen-bond donors (Lipinski definition) is 1. The zero-order valence-corrected chi connectivity index (χ0v) is 18.3. The fourth-order valence-corrected chi connectivity index (χ4v) is 4.50. The van der Waals surface area contributed by atoms with Crippen LogP contribution < -0.4 is 4.90 Å². The van der Waals surface area contributed by atoms with Crippen LogP contribution in [0.25, 0.3) is 16.5 Å². The largest absolute Gasteiger partial charge is 0.507 e. The van der Waals surface area contributed by atoms with Gasteiger partial charge in [0.2, 0.25) is 0 Å². The summed E-state index contributed by atoms with van der Waals surface area (Å²) in [5.74, 6) is -1.58. The van der Waals surface area contributed by atoms with Gasteiger partial charge in [-0.25, -0.2) is 0 Å². The van der Waals surface area contributed by atoms with Crippen LogP contribution in [-0.2, 0) is 9.59 Å². The maximum Gasteiger partial charge on any atom is 0.300 e. The van der Waals surface area contributed by atoms with Crippen LogP contribution in [0.3, 0.4) is 0 Å². The lowest BCUT2D eigenvalue weighted by Gasteiger charge is -2.26. The molecular weight excluding hydrogens is 412 g/mol. The van der Waals surface area contributed by atoms with Gasteiger partial charge in [0.1, 0.15) is 5.76 Å². The molecule has 0 radical (unpaired) electrons. The Morgan fingerprint density at radius 3 is 2.42 bits per heavy atom. The number of Topliss-reactive ketones (excluding diaryl/α,β-unsaturated/α-hetero) is 1. The standard InChI is InChI=1S/C28H22N2O3/c1-17-9-12-23(18(2)14-17)30-25(22-8-5-13-29-16-22)24(27(32)28(30)33)26(31)21-11-10-19-6-3-4-7-20(19)15-21/h3-16,25,31H,1-2H3/b26-24-. The van der Waals surface area contributed by atoms with Gasteiger partial charge in [0.15, 0.2) is 0 Å². The number of aliphatic hydroxyl groups is 1. The van der Waals surface area contributed by atoms with E-state index in [-0.39, 0.29) is 11.3 Å². The summed E-state index contributed by atoms with van der Waals surface area (Å²) in [5, 5.41) is 13.3. The Morgan fingerprint density at radius 1 is 0.909 bits per heavy atom. The Hall–Kier alpha value is -4.25. The van der Waals surface area contributed by atoms with Gasteiger partial charge in [0, 0.05) is 23.6 Å². The molecule has 1 fully saturated rings. The Kier molecular flexibility index (Phi) is 5.02. The van der Waals surface area contributed by atoms with Crippen LogP contribution in [-0.4, -0.2) is 21.8 Å². The van der Waals surface area contributed by atoms with Crippen LogP contribution in [0.1, 0.15) is 28.3 Å². The number of ketones is 1. The third-order valence-corrected chi connectivity index (χ3v) is 6.08. The summed E-state index contributed by atoms with van der Waals surface area (Å²) >= 11 is 0. The third-order valence-electron chi connectivity index (χ3n) is 6.08. The number of aromatic nitrogens is 1. The molecule has 3 aromatic carbocycles. The Bertz CT molecular complexity index is 1440. The molecular formula is C28H22N2O3. The van der Waals surface area contributed by atoms with Gasteiger partial charge >= 0.3 is 0 Å². The molecule has 5 rings (SSSR count). The van der Waals surface area contributed by atoms with Crippen LogP contribution in [0.15, 0.2) is 90.8 Å². The molecule has 1 amide bonds. The van der Waals surface area contributed by atoms with Crippen LogP contribution in [0.4, 0.5) is 5.69 Å². The van der Waals surface area contributed by atoms with Gasteiger partial charge in [0.25, 0.3) is 11.7 Å². The van der Waals surface area contributed by atoms with Crippen LogP contribution in [0.5, 0.6) is 0 Å². The number of aliphatic hydroxyl groups excluding tert-OH is 1. The van der Waals surface area contributed by atoms with Crippen molar-refractivity contribution < 1.29 is 14.7 Å². The Labute approximate surface area is 191 Å². The molecule has 1 aliphatic rings. The number of nitrogens with zero attached hydrogens (tertiary/aromatic N) is 2. The van der Waals surface area contributed by atoms with Gasteiger partial charge in [-0.05, 0) is 53.9 Å². The summed E-state index contributed by atoms with van der Waals surface area (Å²) in [6, 6.07) is 21.8. The van der Waals surface area contributed by atoms with Gasteiger partial charge in [-0.2, -0.15) is 0 Å². The second kappa shape index (κ2) is 8.02. The minimum Gasteiger partial charge on any atom is -0.507 e. The zero-order chi connectivity index (χ0) is 23.1. The van der Waals surface area contributed by atoms with Crippen molar-refractivity contribution in [3.8, 4) is 0 Å². The van der Waals surface area contributed by atoms with Crippen molar-refractivity contribution in [1.82, 2.24) is 4.98 Å². The number of amides is 1. The first-order valence-electron chi connectivity index (χ1n) is 10.7. The van der Waals surface area contributed by atoms with Crippen molar-refractivity contribution in [2.24, 2.45) is 0 Å². The predicted molar refractivity (Wildman–Crippen MR) is 129 cm³/mol. The van der Waals surface area contributed by atoms with E-state index in [0.29, 0.717) is 16.8 Å². The second-order valence-electron chi connectivity index (χ2n) is 8.31. The summed E-state index contributed by atoms with van der Waals surface area (Å²) in [6.45, 7) is 3.88. The molecule has 1 saturated heterocycles. The highest BCUT2D eigenvalue weighted by Crippen LogP contribution is 2.43. The lowest BCUT2D eigenvalue weighted by atomic mass is 9.95. The molecule has 2 heterocycles. The maximum absolute atomic E-state index is 13.3. The summed E-state index contributed by atoms with van der Waals surface area (Å²) in [7, 11) is 0. The van der Waals surface area contributed by atoms with Crippen molar-refractivity contribution in [1.29, 1.82) is 0 Å². The van der Waals surface area contributed by atoms with Crippen molar-refractivity contribution in [2.45, 2.75) is 19.9 Å². The van der Waals surface area contributed by atoms with E-state index < -0.39 is 17.7 Å². The molecule has 33 heavy (non-hydrogen) atoms. The first kappa shape index (κ1) is 20.6. The van der Waals surface area contributed by atoms with Gasteiger partial charge in [0.05, 0.1) is 11.6 Å². The first-order valence-corrected chi connectivity index (χ1v) is 10.7. The number of benzene rings is 3. The SMILES string of the molecule is Cc1ccc(N2C(=O)C(=O)/C(=C(\O)c3ccc4ccccc4c3)C2c2cccnc2)c(C)c1. The van der Waals surface area contributed by atoms with Crippen molar-refractivity contribution in [3.05, 3.63) is 113 Å². The highest BCUT2D eigenvalue weighted by atomic mass is 16.3. The smallest absolute Gasteiger partial charge is 0.300 e. The molecule has 0 spiro atoms. The van der Waals surface area contributed by atoms with Crippen LogP contribution >= 0.6 is 0 Å². The average Bonchev–Trinajstić information content (AvgIpc) is 3.09. The van der Waals surface area contributed by atoms with Crippen LogP contribution in [0, 0.1) is 13.8 Å². The van der Waals surface area contributed by atoms with E-state index in [1.54, 1.807) is 24.5 Å². The van der Waals surface area contributed by atoms with Crippen molar-refractivity contribution in [3.63, 3.8) is 0 Å². The molecule has 1 aromatic heterocycles. The first-order chi connectivity index (χ1) is 16.0. The van der Waals surface area contributed by atoms with E-state index in [0.717, 1.165) is 21.9 Å². The summed E-state index contributed by atoms with van der Waals surface area (Å²) < 4.78 is 0. The van der Waals surface area contributed by atoms with E-state index in [1.165, 1.54) is 4.90 Å². The van der Waals surface area contributed by atoms with E-state index in [4.69, 9.17) is 0 Å². The molecule has 162 valence electrons. The number of hydrogen-bond acceptors (Lipinski definition) is 4. The van der Waals surface area contributed by atoms with Crippen molar-refractivity contribution in [2.75, 3.05) is 4.90 Å². The van der Waals surface area contributed by atoms with Gasteiger partial charge in [-0.3, -0.25) is 19.5 Å². The number of anilines is 1. The molecule has 0 aliphatic carbocycles. The van der Waals surface area contributed by atoms with E-state index >= 15 is 0 Å². The fourth-order valence-electron chi connectivity index (χ4n) is 4.50. The average molecular weight is 434 g/mol. The maximum atomic E-state index is 13.3. The highest BCUT2D eigenvalue weighted by molar-refractivity contribution is 6.51. The van der Waals surface area contributed by atoms with Crippen LogP contribution in [0.2, 0.25) is 0 Å². The number of carbonyl (C=O) groups is 2. The van der Waals surface area contributed by atoms with Crippen molar-refractivity contribution >= 4 is 33.9 Å². The number of pyridine rings is 1.